The summed E-state index contributed by atoms with van der Waals surface area (Å²) < 4.78 is 15.8. The maximum absolute atomic E-state index is 12.4. The number of rotatable bonds is 5. The van der Waals surface area contributed by atoms with Crippen LogP contribution in [0.1, 0.15) is 24.4 Å². The van der Waals surface area contributed by atoms with Gasteiger partial charge < -0.3 is 0 Å². The summed E-state index contributed by atoms with van der Waals surface area (Å²) in [6, 6.07) is 12.5. The molecule has 0 amide bonds. The number of aromatic nitrogens is 5. The molecular weight excluding hydrogens is 319 g/mol. The average molecular weight is 336 g/mol. The highest BCUT2D eigenvalue weighted by Gasteiger charge is 2.47. The van der Waals surface area contributed by atoms with Crippen LogP contribution in [0, 0.1) is 11.3 Å². The Kier molecular flexibility index (Phi) is 3.80. The normalized spacial score (nSPS) is 22.3. The van der Waals surface area contributed by atoms with Crippen molar-refractivity contribution in [2.24, 2.45) is 0 Å². The lowest BCUT2D eigenvalue weighted by Gasteiger charge is -2.42. The van der Waals surface area contributed by atoms with Crippen molar-refractivity contribution >= 4 is 0 Å². The number of nitrogens with zero attached hydrogens (tertiary/aromatic N) is 6. The van der Waals surface area contributed by atoms with Gasteiger partial charge in [0.1, 0.15) is 12.4 Å². The molecule has 1 saturated carbocycles. The van der Waals surface area contributed by atoms with Crippen molar-refractivity contribution in [3.63, 3.8) is 0 Å². The van der Waals surface area contributed by atoms with E-state index in [1.807, 2.05) is 41.2 Å². The zero-order valence-corrected chi connectivity index (χ0v) is 13.6. The van der Waals surface area contributed by atoms with Crippen LogP contribution in [-0.4, -0.2) is 31.4 Å². The SMILES string of the molecule is N#CC1(c2ccccc2)CC(n2cc(-c3cnn(CCF)c3)nn2)C1. The third-order valence-corrected chi connectivity index (χ3v) is 4.84. The van der Waals surface area contributed by atoms with E-state index < -0.39 is 12.1 Å². The molecule has 1 aliphatic carbocycles. The maximum atomic E-state index is 12.4. The lowest BCUT2D eigenvalue weighted by atomic mass is 9.62. The first-order valence-corrected chi connectivity index (χ1v) is 8.21. The van der Waals surface area contributed by atoms with E-state index in [0.717, 1.165) is 24.0 Å². The number of hydrogen-bond donors (Lipinski definition) is 0. The minimum absolute atomic E-state index is 0.155. The molecule has 1 aliphatic rings. The smallest absolute Gasteiger partial charge is 0.116 e. The highest BCUT2D eigenvalue weighted by molar-refractivity contribution is 5.55. The highest BCUT2D eigenvalue weighted by Crippen LogP contribution is 2.49. The Morgan fingerprint density at radius 3 is 2.76 bits per heavy atom. The fourth-order valence-electron chi connectivity index (χ4n) is 3.37. The minimum atomic E-state index is -0.453. The lowest BCUT2D eigenvalue weighted by molar-refractivity contribution is 0.184. The van der Waals surface area contributed by atoms with Gasteiger partial charge in [-0.3, -0.25) is 4.68 Å². The predicted octanol–water partition coefficient (Wildman–Crippen LogP) is 2.91. The number of nitriles is 1. The second-order valence-corrected chi connectivity index (χ2v) is 6.39. The molecule has 2 heterocycles. The molecule has 0 aliphatic heterocycles. The Balaban J connectivity index is 1.50. The van der Waals surface area contributed by atoms with Gasteiger partial charge >= 0.3 is 0 Å². The Bertz CT molecular complexity index is 901. The Labute approximate surface area is 144 Å². The maximum Gasteiger partial charge on any atom is 0.116 e. The van der Waals surface area contributed by atoms with Crippen LogP contribution in [0.3, 0.4) is 0 Å². The molecule has 25 heavy (non-hydrogen) atoms. The van der Waals surface area contributed by atoms with Crippen molar-refractivity contribution < 1.29 is 4.39 Å². The first-order chi connectivity index (χ1) is 12.2. The largest absolute Gasteiger partial charge is 0.269 e. The number of alkyl halides is 1. The fourth-order valence-corrected chi connectivity index (χ4v) is 3.37. The van der Waals surface area contributed by atoms with Gasteiger partial charge in [0.15, 0.2) is 0 Å². The van der Waals surface area contributed by atoms with Gasteiger partial charge in [-0.25, -0.2) is 9.07 Å². The summed E-state index contributed by atoms with van der Waals surface area (Å²) in [6.45, 7) is -0.218. The fraction of sp³-hybridized carbons (Fsp3) is 0.333. The summed E-state index contributed by atoms with van der Waals surface area (Å²) in [5, 5.41) is 22.2. The van der Waals surface area contributed by atoms with Crippen LogP contribution in [0.4, 0.5) is 4.39 Å². The van der Waals surface area contributed by atoms with Gasteiger partial charge in [0.25, 0.3) is 0 Å². The minimum Gasteiger partial charge on any atom is -0.269 e. The first kappa shape index (κ1) is 15.5. The van der Waals surface area contributed by atoms with E-state index in [9.17, 15) is 9.65 Å². The van der Waals surface area contributed by atoms with Crippen molar-refractivity contribution in [1.29, 1.82) is 5.26 Å². The summed E-state index contributed by atoms with van der Waals surface area (Å²) in [5.41, 5.74) is 2.14. The van der Waals surface area contributed by atoms with Gasteiger partial charge in [0, 0.05) is 11.8 Å². The number of hydrogen-bond acceptors (Lipinski definition) is 4. The summed E-state index contributed by atoms with van der Waals surface area (Å²) in [7, 11) is 0. The van der Waals surface area contributed by atoms with Gasteiger partial charge in [-0.05, 0) is 18.4 Å². The number of halogens is 1. The summed E-state index contributed by atoms with van der Waals surface area (Å²) >= 11 is 0. The van der Waals surface area contributed by atoms with Crippen LogP contribution in [0.2, 0.25) is 0 Å². The monoisotopic (exact) mass is 336 g/mol. The molecular formula is C18H17FN6. The molecule has 6 nitrogen and oxygen atoms in total. The van der Waals surface area contributed by atoms with E-state index in [2.05, 4.69) is 21.5 Å². The summed E-state index contributed by atoms with van der Waals surface area (Å²) in [5.74, 6) is 0. The molecule has 7 heteroatoms. The van der Waals surface area contributed by atoms with Crippen molar-refractivity contribution in [3.8, 4) is 17.3 Å². The third kappa shape index (κ3) is 2.70. The molecule has 0 atom stereocenters. The molecule has 0 N–H and O–H groups in total. The van der Waals surface area contributed by atoms with Crippen molar-refractivity contribution in [2.75, 3.05) is 6.67 Å². The van der Waals surface area contributed by atoms with Crippen LogP contribution in [0.15, 0.2) is 48.9 Å². The van der Waals surface area contributed by atoms with E-state index in [0.29, 0.717) is 5.69 Å². The van der Waals surface area contributed by atoms with E-state index in [4.69, 9.17) is 0 Å². The topological polar surface area (TPSA) is 72.3 Å². The Morgan fingerprint density at radius 1 is 1.24 bits per heavy atom. The molecule has 0 unspecified atom stereocenters. The summed E-state index contributed by atoms with van der Waals surface area (Å²) in [6.07, 6.45) is 6.73. The van der Waals surface area contributed by atoms with Gasteiger partial charge in [-0.2, -0.15) is 10.4 Å². The molecule has 0 radical (unpaired) electrons. The van der Waals surface area contributed by atoms with Crippen LogP contribution >= 0.6 is 0 Å². The molecule has 126 valence electrons. The molecule has 0 bridgehead atoms. The van der Waals surface area contributed by atoms with E-state index >= 15 is 0 Å². The second-order valence-electron chi connectivity index (χ2n) is 6.39. The third-order valence-electron chi connectivity index (χ3n) is 4.84. The van der Waals surface area contributed by atoms with E-state index in [-0.39, 0.29) is 12.6 Å². The van der Waals surface area contributed by atoms with Gasteiger partial charge in [-0.1, -0.05) is 35.5 Å². The van der Waals surface area contributed by atoms with Gasteiger partial charge in [0.05, 0.1) is 36.5 Å². The zero-order chi connectivity index (χ0) is 17.3. The van der Waals surface area contributed by atoms with Crippen molar-refractivity contribution in [2.45, 2.75) is 30.8 Å². The van der Waals surface area contributed by atoms with E-state index in [1.165, 1.54) is 0 Å². The van der Waals surface area contributed by atoms with Gasteiger partial charge in [-0.15, -0.1) is 5.10 Å². The molecule has 4 rings (SSSR count). The molecule has 2 aromatic heterocycles. The second kappa shape index (κ2) is 6.13. The van der Waals surface area contributed by atoms with Crippen molar-refractivity contribution in [1.82, 2.24) is 24.8 Å². The molecule has 1 aromatic carbocycles. The van der Waals surface area contributed by atoms with Crippen LogP contribution in [0.25, 0.3) is 11.3 Å². The van der Waals surface area contributed by atoms with E-state index in [1.54, 1.807) is 17.1 Å². The Hall–Kier alpha value is -3.01. The standard InChI is InChI=1S/C18H17FN6/c19-6-7-24-11-14(10-21-24)17-12-25(23-22-17)16-8-18(9-16,13-20)15-4-2-1-3-5-15/h1-5,10-12,16H,6-9H2. The van der Waals surface area contributed by atoms with Crippen molar-refractivity contribution in [3.05, 3.63) is 54.5 Å². The Morgan fingerprint density at radius 2 is 2.04 bits per heavy atom. The lowest BCUT2D eigenvalue weighted by Crippen LogP contribution is -2.41. The number of benzene rings is 1. The predicted molar refractivity (Wildman–Crippen MR) is 89.2 cm³/mol. The molecule has 1 fully saturated rings. The molecule has 3 aromatic rings. The number of aryl methyl sites for hydroxylation is 1. The van der Waals surface area contributed by atoms with Crippen LogP contribution < -0.4 is 0 Å². The zero-order valence-electron chi connectivity index (χ0n) is 13.6. The summed E-state index contributed by atoms with van der Waals surface area (Å²) in [4.78, 5) is 0. The van der Waals surface area contributed by atoms with Crippen LogP contribution in [0.5, 0.6) is 0 Å². The average Bonchev–Trinajstić information content (AvgIpc) is 3.25. The van der Waals surface area contributed by atoms with Crippen LogP contribution in [-0.2, 0) is 12.0 Å². The molecule has 0 saturated heterocycles. The quantitative estimate of drug-likeness (QED) is 0.718. The molecule has 0 spiro atoms. The highest BCUT2D eigenvalue weighted by atomic mass is 19.1. The van der Waals surface area contributed by atoms with Gasteiger partial charge in [0.2, 0.25) is 0 Å². The first-order valence-electron chi connectivity index (χ1n) is 8.21.